The molecule has 0 bridgehead atoms. The molecule has 9 heteroatoms. The van der Waals surface area contributed by atoms with Crippen molar-refractivity contribution in [3.8, 4) is 0 Å². The van der Waals surface area contributed by atoms with Gasteiger partial charge < -0.3 is 0 Å². The molecule has 108 valence electrons. The first-order valence-corrected chi connectivity index (χ1v) is 8.41. The summed E-state index contributed by atoms with van der Waals surface area (Å²) in [6.45, 7) is 1.70. The summed E-state index contributed by atoms with van der Waals surface area (Å²) in [5.41, 5.74) is 0.622. The fourth-order valence-electron chi connectivity index (χ4n) is 1.55. The minimum absolute atomic E-state index is 0.0429. The molecule has 2 rings (SSSR count). The Kier molecular flexibility index (Phi) is 4.34. The third-order valence-electron chi connectivity index (χ3n) is 2.52. The van der Waals surface area contributed by atoms with Gasteiger partial charge in [0.25, 0.3) is 10.0 Å². The van der Waals surface area contributed by atoms with Crippen LogP contribution in [0.15, 0.2) is 27.7 Å². The van der Waals surface area contributed by atoms with E-state index in [2.05, 4.69) is 25.8 Å². The molecule has 0 saturated carbocycles. The monoisotopic (exact) mass is 397 g/mol. The molecule has 1 heterocycles. The zero-order chi connectivity index (χ0) is 15.1. The molecule has 20 heavy (non-hydrogen) atoms. The van der Waals surface area contributed by atoms with Crippen LogP contribution in [0.5, 0.6) is 0 Å². The average molecular weight is 399 g/mol. The number of aromatic nitrogens is 2. The van der Waals surface area contributed by atoms with Crippen molar-refractivity contribution in [3.05, 3.63) is 38.4 Å². The number of anilines is 1. The van der Waals surface area contributed by atoms with Crippen LogP contribution in [0.25, 0.3) is 0 Å². The maximum Gasteiger partial charge on any atom is 0.264 e. The predicted molar refractivity (Wildman–Crippen MR) is 82.9 cm³/mol. The van der Waals surface area contributed by atoms with Crippen LogP contribution in [0.1, 0.15) is 5.56 Å². The molecule has 1 aromatic carbocycles. The Morgan fingerprint density at radius 3 is 2.50 bits per heavy atom. The maximum atomic E-state index is 12.3. The molecule has 0 aliphatic heterocycles. The second-order valence-corrected chi connectivity index (χ2v) is 7.46. The van der Waals surface area contributed by atoms with Gasteiger partial charge in [0, 0.05) is 18.3 Å². The predicted octanol–water partition coefficient (Wildman–Crippen LogP) is 3.60. The van der Waals surface area contributed by atoms with Crippen LogP contribution < -0.4 is 4.72 Å². The van der Waals surface area contributed by atoms with Crippen LogP contribution in [0.4, 0.5) is 5.82 Å². The Balaban J connectivity index is 2.46. The number of benzene rings is 1. The molecular formula is C11H10BrCl2N3O2S. The Hall–Kier alpha value is -0.760. The average Bonchev–Trinajstić information content (AvgIpc) is 2.61. The molecule has 0 aliphatic rings. The minimum atomic E-state index is -3.84. The van der Waals surface area contributed by atoms with Crippen molar-refractivity contribution in [2.75, 3.05) is 4.72 Å². The summed E-state index contributed by atoms with van der Waals surface area (Å²) in [5, 5.41) is 4.47. The van der Waals surface area contributed by atoms with E-state index in [-0.39, 0.29) is 15.7 Å². The molecule has 0 aliphatic carbocycles. The van der Waals surface area contributed by atoms with Crippen molar-refractivity contribution < 1.29 is 8.42 Å². The van der Waals surface area contributed by atoms with E-state index < -0.39 is 10.0 Å². The lowest BCUT2D eigenvalue weighted by molar-refractivity contribution is 0.601. The van der Waals surface area contributed by atoms with Gasteiger partial charge in [0.2, 0.25) is 0 Å². The molecule has 0 fully saturated rings. The van der Waals surface area contributed by atoms with Crippen molar-refractivity contribution >= 4 is 55.0 Å². The van der Waals surface area contributed by atoms with Gasteiger partial charge in [0.15, 0.2) is 5.82 Å². The van der Waals surface area contributed by atoms with E-state index in [1.54, 1.807) is 20.2 Å². The molecule has 0 radical (unpaired) electrons. The zero-order valence-corrected chi connectivity index (χ0v) is 14.4. The maximum absolute atomic E-state index is 12.3. The molecule has 5 nitrogen and oxygen atoms in total. The SMILES string of the molecule is Cc1cc(S(=O)(=O)Nc2nn(C)cc2Br)c(Cl)cc1Cl. The summed E-state index contributed by atoms with van der Waals surface area (Å²) in [4.78, 5) is -0.0429. The lowest BCUT2D eigenvalue weighted by atomic mass is 10.2. The quantitative estimate of drug-likeness (QED) is 0.858. The Morgan fingerprint density at radius 2 is 1.95 bits per heavy atom. The fourth-order valence-corrected chi connectivity index (χ4v) is 4.00. The first-order valence-electron chi connectivity index (χ1n) is 5.38. The number of hydrogen-bond donors (Lipinski definition) is 1. The number of hydrogen-bond acceptors (Lipinski definition) is 3. The third-order valence-corrected chi connectivity index (χ3v) is 5.31. The number of nitrogens with zero attached hydrogens (tertiary/aromatic N) is 2. The van der Waals surface area contributed by atoms with E-state index in [0.29, 0.717) is 15.1 Å². The van der Waals surface area contributed by atoms with Gasteiger partial charge in [-0.15, -0.1) is 0 Å². The summed E-state index contributed by atoms with van der Waals surface area (Å²) >= 11 is 15.1. The summed E-state index contributed by atoms with van der Waals surface area (Å²) in [5.74, 6) is 0.191. The van der Waals surface area contributed by atoms with Crippen LogP contribution in [0.3, 0.4) is 0 Å². The minimum Gasteiger partial charge on any atom is -0.273 e. The van der Waals surface area contributed by atoms with Crippen LogP contribution in [0.2, 0.25) is 10.0 Å². The van der Waals surface area contributed by atoms with E-state index in [1.165, 1.54) is 16.8 Å². The van der Waals surface area contributed by atoms with E-state index >= 15 is 0 Å². The van der Waals surface area contributed by atoms with Crippen molar-refractivity contribution in [1.82, 2.24) is 9.78 Å². The standard InChI is InChI=1S/C11H10BrCl2N3O2S/c1-6-3-10(9(14)4-8(6)13)20(18,19)16-11-7(12)5-17(2)15-11/h3-5H,1-2H3,(H,15,16). The number of halogens is 3. The van der Waals surface area contributed by atoms with Crippen LogP contribution in [-0.4, -0.2) is 18.2 Å². The number of nitrogens with one attached hydrogen (secondary N) is 1. The number of sulfonamides is 1. The van der Waals surface area contributed by atoms with Gasteiger partial charge in [-0.2, -0.15) is 5.10 Å². The molecule has 0 spiro atoms. The van der Waals surface area contributed by atoms with Crippen LogP contribution in [0, 0.1) is 6.92 Å². The summed E-state index contributed by atoms with van der Waals surface area (Å²) in [6, 6.07) is 2.82. The molecule has 0 atom stereocenters. The normalized spacial score (nSPS) is 11.7. The van der Waals surface area contributed by atoms with Crippen molar-refractivity contribution in [1.29, 1.82) is 0 Å². The zero-order valence-electron chi connectivity index (χ0n) is 10.5. The van der Waals surface area contributed by atoms with E-state index in [1.807, 2.05) is 0 Å². The number of rotatable bonds is 3. The third kappa shape index (κ3) is 3.11. The first kappa shape index (κ1) is 15.6. The van der Waals surface area contributed by atoms with Crippen molar-refractivity contribution in [2.45, 2.75) is 11.8 Å². The molecule has 2 aromatic rings. The van der Waals surface area contributed by atoms with E-state index in [4.69, 9.17) is 23.2 Å². The highest BCUT2D eigenvalue weighted by molar-refractivity contribution is 9.10. The number of aryl methyl sites for hydroxylation is 2. The van der Waals surface area contributed by atoms with Gasteiger partial charge in [0.1, 0.15) is 4.90 Å². The summed E-state index contributed by atoms with van der Waals surface area (Å²) < 4.78 is 29.1. The molecule has 1 N–H and O–H groups in total. The second-order valence-electron chi connectivity index (χ2n) is 4.14. The summed E-state index contributed by atoms with van der Waals surface area (Å²) in [6.07, 6.45) is 1.63. The van der Waals surface area contributed by atoms with Gasteiger partial charge in [-0.1, -0.05) is 23.2 Å². The highest BCUT2D eigenvalue weighted by Crippen LogP contribution is 2.30. The molecule has 0 unspecified atom stereocenters. The summed E-state index contributed by atoms with van der Waals surface area (Å²) in [7, 11) is -2.16. The van der Waals surface area contributed by atoms with Gasteiger partial charge in [0.05, 0.1) is 9.50 Å². The fraction of sp³-hybridized carbons (Fsp3) is 0.182. The Labute approximate surface area is 135 Å². The molecule has 1 aromatic heterocycles. The Morgan fingerprint density at radius 1 is 1.30 bits per heavy atom. The van der Waals surface area contributed by atoms with E-state index in [0.717, 1.165) is 0 Å². The van der Waals surface area contributed by atoms with Gasteiger partial charge in [-0.3, -0.25) is 9.40 Å². The van der Waals surface area contributed by atoms with Crippen LogP contribution >= 0.6 is 39.1 Å². The molecular weight excluding hydrogens is 389 g/mol. The lowest BCUT2D eigenvalue weighted by Gasteiger charge is -2.09. The van der Waals surface area contributed by atoms with Gasteiger partial charge >= 0.3 is 0 Å². The van der Waals surface area contributed by atoms with Crippen LogP contribution in [-0.2, 0) is 17.1 Å². The first-order chi connectivity index (χ1) is 9.20. The van der Waals surface area contributed by atoms with Gasteiger partial charge in [-0.25, -0.2) is 8.42 Å². The highest BCUT2D eigenvalue weighted by Gasteiger charge is 2.21. The van der Waals surface area contributed by atoms with Gasteiger partial charge in [-0.05, 0) is 40.5 Å². The largest absolute Gasteiger partial charge is 0.273 e. The van der Waals surface area contributed by atoms with Crippen molar-refractivity contribution in [2.24, 2.45) is 7.05 Å². The van der Waals surface area contributed by atoms with E-state index in [9.17, 15) is 8.42 Å². The molecule has 0 amide bonds. The highest BCUT2D eigenvalue weighted by atomic mass is 79.9. The Bertz CT molecular complexity index is 774. The smallest absolute Gasteiger partial charge is 0.264 e. The van der Waals surface area contributed by atoms with Crippen molar-refractivity contribution in [3.63, 3.8) is 0 Å². The second kappa shape index (κ2) is 5.55. The topological polar surface area (TPSA) is 64.0 Å². The molecule has 0 saturated heterocycles. The lowest BCUT2D eigenvalue weighted by Crippen LogP contribution is -2.14.